The van der Waals surface area contributed by atoms with Gasteiger partial charge in [-0.05, 0) is 26.0 Å². The van der Waals surface area contributed by atoms with E-state index >= 15 is 0 Å². The first kappa shape index (κ1) is 14.3. The van der Waals surface area contributed by atoms with Crippen molar-refractivity contribution in [3.05, 3.63) is 29.3 Å². The normalized spacial score (nSPS) is 24.2. The molecule has 1 amide bonds. The molecule has 2 atom stereocenters. The number of halogens is 1. The lowest BCUT2D eigenvalue weighted by Crippen LogP contribution is -2.48. The summed E-state index contributed by atoms with van der Waals surface area (Å²) >= 11 is 6.01. The summed E-state index contributed by atoms with van der Waals surface area (Å²) in [6.45, 7) is 5.97. The van der Waals surface area contributed by atoms with Gasteiger partial charge in [-0.3, -0.25) is 9.69 Å². The Morgan fingerprint density at radius 2 is 2.00 bits per heavy atom. The maximum absolute atomic E-state index is 12.0. The number of hydrogen-bond donors (Lipinski definition) is 1. The van der Waals surface area contributed by atoms with E-state index in [-0.39, 0.29) is 18.1 Å². The number of nitrogens with zero attached hydrogens (tertiary/aromatic N) is 1. The van der Waals surface area contributed by atoms with Crippen LogP contribution in [0.1, 0.15) is 13.8 Å². The van der Waals surface area contributed by atoms with Gasteiger partial charge in [-0.15, -0.1) is 0 Å². The number of hydrogen-bond acceptors (Lipinski definition) is 3. The molecule has 5 heteroatoms. The summed E-state index contributed by atoms with van der Waals surface area (Å²) in [7, 11) is 0. The van der Waals surface area contributed by atoms with Crippen molar-refractivity contribution in [2.75, 3.05) is 25.0 Å². The Hall–Kier alpha value is -1.10. The molecule has 0 aliphatic carbocycles. The van der Waals surface area contributed by atoms with Gasteiger partial charge in [-0.25, -0.2) is 0 Å². The van der Waals surface area contributed by atoms with Crippen LogP contribution in [0.25, 0.3) is 0 Å². The fourth-order valence-corrected chi connectivity index (χ4v) is 2.55. The Balaban J connectivity index is 1.89. The first-order valence-electron chi connectivity index (χ1n) is 6.47. The van der Waals surface area contributed by atoms with E-state index in [4.69, 9.17) is 16.3 Å². The largest absolute Gasteiger partial charge is 0.373 e. The Kier molecular flexibility index (Phi) is 4.80. The molecule has 1 saturated heterocycles. The second kappa shape index (κ2) is 6.37. The van der Waals surface area contributed by atoms with Crippen LogP contribution in [0.5, 0.6) is 0 Å². The zero-order chi connectivity index (χ0) is 13.8. The highest BCUT2D eigenvalue weighted by Crippen LogP contribution is 2.20. The SMILES string of the molecule is CC1CN(CC(=O)Nc2ccccc2Cl)CC(C)O1. The van der Waals surface area contributed by atoms with E-state index in [2.05, 4.69) is 10.2 Å². The number of para-hydroxylation sites is 1. The maximum Gasteiger partial charge on any atom is 0.238 e. The quantitative estimate of drug-likeness (QED) is 0.925. The van der Waals surface area contributed by atoms with Crippen molar-refractivity contribution >= 4 is 23.2 Å². The molecular formula is C14H19ClN2O2. The Morgan fingerprint density at radius 1 is 1.37 bits per heavy atom. The van der Waals surface area contributed by atoms with Crippen molar-refractivity contribution in [2.24, 2.45) is 0 Å². The second-order valence-electron chi connectivity index (χ2n) is 4.98. The summed E-state index contributed by atoms with van der Waals surface area (Å²) in [6, 6.07) is 7.24. The summed E-state index contributed by atoms with van der Waals surface area (Å²) in [4.78, 5) is 14.1. The molecule has 1 N–H and O–H groups in total. The van der Waals surface area contributed by atoms with Crippen LogP contribution in [0.3, 0.4) is 0 Å². The van der Waals surface area contributed by atoms with Crippen LogP contribution in [0.15, 0.2) is 24.3 Å². The average molecular weight is 283 g/mol. The van der Waals surface area contributed by atoms with Gasteiger partial charge < -0.3 is 10.1 Å². The van der Waals surface area contributed by atoms with Gasteiger partial charge in [0.25, 0.3) is 0 Å². The average Bonchev–Trinajstić information content (AvgIpc) is 2.30. The molecule has 1 heterocycles. The first-order valence-corrected chi connectivity index (χ1v) is 6.84. The van der Waals surface area contributed by atoms with Gasteiger partial charge in [0.1, 0.15) is 0 Å². The third-order valence-electron chi connectivity index (χ3n) is 3.01. The van der Waals surface area contributed by atoms with Crippen LogP contribution in [-0.4, -0.2) is 42.6 Å². The first-order chi connectivity index (χ1) is 9.04. The number of morpholine rings is 1. The van der Waals surface area contributed by atoms with Gasteiger partial charge in [-0.1, -0.05) is 23.7 Å². The summed E-state index contributed by atoms with van der Waals surface area (Å²) in [6.07, 6.45) is 0.328. The highest BCUT2D eigenvalue weighted by Gasteiger charge is 2.23. The van der Waals surface area contributed by atoms with Crippen molar-refractivity contribution in [2.45, 2.75) is 26.1 Å². The molecular weight excluding hydrogens is 264 g/mol. The molecule has 0 saturated carbocycles. The molecule has 104 valence electrons. The molecule has 2 unspecified atom stereocenters. The number of nitrogens with one attached hydrogen (secondary N) is 1. The zero-order valence-corrected chi connectivity index (χ0v) is 12.0. The molecule has 0 spiro atoms. The van der Waals surface area contributed by atoms with Gasteiger partial charge in [-0.2, -0.15) is 0 Å². The van der Waals surface area contributed by atoms with E-state index < -0.39 is 0 Å². The van der Waals surface area contributed by atoms with Crippen molar-refractivity contribution < 1.29 is 9.53 Å². The third-order valence-corrected chi connectivity index (χ3v) is 3.34. The van der Waals surface area contributed by atoms with Crippen molar-refractivity contribution in [3.8, 4) is 0 Å². The van der Waals surface area contributed by atoms with Crippen LogP contribution in [0.2, 0.25) is 5.02 Å². The fraction of sp³-hybridized carbons (Fsp3) is 0.500. The maximum atomic E-state index is 12.0. The van der Waals surface area contributed by atoms with Crippen LogP contribution in [-0.2, 0) is 9.53 Å². The van der Waals surface area contributed by atoms with Gasteiger partial charge in [0.05, 0.1) is 29.5 Å². The van der Waals surface area contributed by atoms with Crippen molar-refractivity contribution in [3.63, 3.8) is 0 Å². The molecule has 2 rings (SSSR count). The number of rotatable bonds is 3. The van der Waals surface area contributed by atoms with Gasteiger partial charge in [0.2, 0.25) is 5.91 Å². The highest BCUT2D eigenvalue weighted by atomic mass is 35.5. The molecule has 0 radical (unpaired) electrons. The van der Waals surface area contributed by atoms with E-state index in [1.807, 2.05) is 26.0 Å². The molecule has 1 aromatic carbocycles. The minimum Gasteiger partial charge on any atom is -0.373 e. The highest BCUT2D eigenvalue weighted by molar-refractivity contribution is 6.33. The number of ether oxygens (including phenoxy) is 1. The number of carbonyl (C=O) groups excluding carboxylic acids is 1. The molecule has 19 heavy (non-hydrogen) atoms. The van der Waals surface area contributed by atoms with Crippen molar-refractivity contribution in [1.29, 1.82) is 0 Å². The number of benzene rings is 1. The molecule has 1 aromatic rings. The predicted molar refractivity (Wildman–Crippen MR) is 76.5 cm³/mol. The summed E-state index contributed by atoms with van der Waals surface area (Å²) < 4.78 is 5.64. The zero-order valence-electron chi connectivity index (χ0n) is 11.2. The summed E-state index contributed by atoms with van der Waals surface area (Å²) in [5, 5.41) is 3.39. The lowest BCUT2D eigenvalue weighted by Gasteiger charge is -2.34. The standard InChI is InChI=1S/C14H19ClN2O2/c1-10-7-17(8-11(2)19-10)9-14(18)16-13-6-4-3-5-12(13)15/h3-6,10-11H,7-9H2,1-2H3,(H,16,18). The lowest BCUT2D eigenvalue weighted by atomic mass is 10.2. The minimum absolute atomic E-state index is 0.0469. The van der Waals surface area contributed by atoms with Crippen molar-refractivity contribution in [1.82, 2.24) is 4.90 Å². The van der Waals surface area contributed by atoms with E-state index in [0.717, 1.165) is 13.1 Å². The predicted octanol–water partition coefficient (Wildman–Crippen LogP) is 2.39. The molecule has 1 fully saturated rings. The second-order valence-corrected chi connectivity index (χ2v) is 5.39. The van der Waals surface area contributed by atoms with E-state index in [1.165, 1.54) is 0 Å². The molecule has 0 bridgehead atoms. The van der Waals surface area contributed by atoms with Crippen LogP contribution in [0, 0.1) is 0 Å². The molecule has 1 aliphatic heterocycles. The molecule has 4 nitrogen and oxygen atoms in total. The summed E-state index contributed by atoms with van der Waals surface area (Å²) in [5.74, 6) is -0.0469. The van der Waals surface area contributed by atoms with Crippen LogP contribution < -0.4 is 5.32 Å². The summed E-state index contributed by atoms with van der Waals surface area (Å²) in [5.41, 5.74) is 0.656. The van der Waals surface area contributed by atoms with E-state index in [1.54, 1.807) is 12.1 Å². The monoisotopic (exact) mass is 282 g/mol. The minimum atomic E-state index is -0.0469. The van der Waals surface area contributed by atoms with E-state index in [0.29, 0.717) is 17.3 Å². The number of anilines is 1. The van der Waals surface area contributed by atoms with E-state index in [9.17, 15) is 4.79 Å². The Morgan fingerprint density at radius 3 is 2.63 bits per heavy atom. The fourth-order valence-electron chi connectivity index (χ4n) is 2.37. The van der Waals surface area contributed by atoms with Gasteiger partial charge in [0.15, 0.2) is 0 Å². The molecule has 1 aliphatic rings. The third kappa shape index (κ3) is 4.20. The topological polar surface area (TPSA) is 41.6 Å². The van der Waals surface area contributed by atoms with Gasteiger partial charge >= 0.3 is 0 Å². The number of carbonyl (C=O) groups is 1. The van der Waals surface area contributed by atoms with Crippen LogP contribution in [0.4, 0.5) is 5.69 Å². The lowest BCUT2D eigenvalue weighted by molar-refractivity contribution is -0.121. The Bertz CT molecular complexity index is 443. The number of amides is 1. The van der Waals surface area contributed by atoms with Crippen LogP contribution >= 0.6 is 11.6 Å². The smallest absolute Gasteiger partial charge is 0.238 e. The van der Waals surface area contributed by atoms with Gasteiger partial charge in [0, 0.05) is 13.1 Å². The Labute approximate surface area is 118 Å². The molecule has 0 aromatic heterocycles.